The summed E-state index contributed by atoms with van der Waals surface area (Å²) in [6, 6.07) is 3.25. The van der Waals surface area contributed by atoms with Gasteiger partial charge in [-0.05, 0) is 31.4 Å². The zero-order chi connectivity index (χ0) is 13.2. The average Bonchev–Trinajstić information content (AvgIpc) is 2.25. The van der Waals surface area contributed by atoms with Gasteiger partial charge in [0.25, 0.3) is 5.91 Å². The van der Waals surface area contributed by atoms with E-state index in [9.17, 15) is 9.59 Å². The van der Waals surface area contributed by atoms with Crippen molar-refractivity contribution in [3.63, 3.8) is 0 Å². The number of nitrogens with one attached hydrogen (secondary N) is 1. The largest absolute Gasteiger partial charge is 0.481 e. The lowest BCUT2D eigenvalue weighted by atomic mass is 9.74. The third-order valence-corrected chi connectivity index (χ3v) is 3.22. The Bertz CT molecular complexity index is 483. The zero-order valence-corrected chi connectivity index (χ0v) is 9.85. The Kier molecular flexibility index (Phi) is 3.18. The standard InChI is InChI=1S/C12H15N3O3/c13-11(18)9-6-8(2-5-14-9)15-12(3-1-4-12)7-10(16)17/h2,5-6H,1,3-4,7H2,(H2,13,18)(H,14,15)(H,16,17). The van der Waals surface area contributed by atoms with Crippen molar-refractivity contribution in [2.24, 2.45) is 5.73 Å². The summed E-state index contributed by atoms with van der Waals surface area (Å²) in [5.74, 6) is -1.43. The molecule has 0 saturated heterocycles. The maximum atomic E-state index is 11.0. The normalized spacial score (nSPS) is 16.7. The zero-order valence-electron chi connectivity index (χ0n) is 9.85. The maximum absolute atomic E-state index is 11.0. The number of primary amides is 1. The van der Waals surface area contributed by atoms with Crippen molar-refractivity contribution in [2.45, 2.75) is 31.2 Å². The fraction of sp³-hybridized carbons (Fsp3) is 0.417. The number of nitrogens with two attached hydrogens (primary N) is 1. The van der Waals surface area contributed by atoms with Crippen molar-refractivity contribution in [2.75, 3.05) is 5.32 Å². The topological polar surface area (TPSA) is 105 Å². The van der Waals surface area contributed by atoms with Gasteiger partial charge in [-0.1, -0.05) is 0 Å². The molecular formula is C12H15N3O3. The lowest BCUT2D eigenvalue weighted by Crippen LogP contribution is -2.46. The number of carbonyl (C=O) groups excluding carboxylic acids is 1. The average molecular weight is 249 g/mol. The SMILES string of the molecule is NC(=O)c1cc(NC2(CC(=O)O)CCC2)ccn1. The van der Waals surface area contributed by atoms with Crippen LogP contribution in [0, 0.1) is 0 Å². The number of nitrogens with zero attached hydrogens (tertiary/aromatic N) is 1. The van der Waals surface area contributed by atoms with E-state index in [0.29, 0.717) is 5.69 Å². The molecule has 0 aromatic carbocycles. The Labute approximate surface area is 104 Å². The van der Waals surface area contributed by atoms with Crippen molar-refractivity contribution in [3.8, 4) is 0 Å². The minimum absolute atomic E-state index is 0.0707. The summed E-state index contributed by atoms with van der Waals surface area (Å²) in [7, 11) is 0. The minimum atomic E-state index is -0.827. The van der Waals surface area contributed by atoms with Gasteiger partial charge in [0.05, 0.1) is 6.42 Å². The highest BCUT2D eigenvalue weighted by atomic mass is 16.4. The van der Waals surface area contributed by atoms with E-state index < -0.39 is 17.4 Å². The van der Waals surface area contributed by atoms with Crippen molar-refractivity contribution >= 4 is 17.6 Å². The number of anilines is 1. The van der Waals surface area contributed by atoms with Crippen LogP contribution in [-0.2, 0) is 4.79 Å². The highest BCUT2D eigenvalue weighted by Gasteiger charge is 2.38. The number of aromatic nitrogens is 1. The van der Waals surface area contributed by atoms with Crippen molar-refractivity contribution in [1.82, 2.24) is 4.98 Å². The van der Waals surface area contributed by atoms with Crippen LogP contribution in [0.15, 0.2) is 18.3 Å². The van der Waals surface area contributed by atoms with Crippen molar-refractivity contribution < 1.29 is 14.7 Å². The quantitative estimate of drug-likeness (QED) is 0.721. The van der Waals surface area contributed by atoms with Gasteiger partial charge >= 0.3 is 5.97 Å². The van der Waals surface area contributed by atoms with Gasteiger partial charge in [-0.25, -0.2) is 0 Å². The van der Waals surface area contributed by atoms with Gasteiger partial charge in [-0.3, -0.25) is 14.6 Å². The lowest BCUT2D eigenvalue weighted by Gasteiger charge is -2.42. The molecule has 0 radical (unpaired) electrons. The summed E-state index contributed by atoms with van der Waals surface area (Å²) in [5.41, 5.74) is 5.60. The number of pyridine rings is 1. The van der Waals surface area contributed by atoms with Gasteiger partial charge in [-0.2, -0.15) is 0 Å². The maximum Gasteiger partial charge on any atom is 0.305 e. The van der Waals surface area contributed by atoms with Crippen LogP contribution in [0.2, 0.25) is 0 Å². The summed E-state index contributed by atoms with van der Waals surface area (Å²) in [4.78, 5) is 25.7. The molecule has 0 unspecified atom stereocenters. The second-order valence-electron chi connectivity index (χ2n) is 4.62. The molecule has 1 fully saturated rings. The van der Waals surface area contributed by atoms with Crippen molar-refractivity contribution in [3.05, 3.63) is 24.0 Å². The van der Waals surface area contributed by atoms with Crippen molar-refractivity contribution in [1.29, 1.82) is 0 Å². The molecule has 1 amide bonds. The first kappa shape index (κ1) is 12.3. The molecule has 0 bridgehead atoms. The molecule has 0 spiro atoms. The number of aliphatic carboxylic acids is 1. The summed E-state index contributed by atoms with van der Waals surface area (Å²) < 4.78 is 0. The molecule has 4 N–H and O–H groups in total. The molecule has 2 rings (SSSR count). The summed E-state index contributed by atoms with van der Waals surface area (Å²) >= 11 is 0. The first-order valence-electron chi connectivity index (χ1n) is 5.77. The van der Waals surface area contributed by atoms with Gasteiger partial charge in [0.15, 0.2) is 0 Å². The Morgan fingerprint density at radius 3 is 2.72 bits per heavy atom. The van der Waals surface area contributed by atoms with E-state index >= 15 is 0 Å². The second-order valence-corrected chi connectivity index (χ2v) is 4.62. The predicted octanol–water partition coefficient (Wildman–Crippen LogP) is 0.990. The van der Waals surface area contributed by atoms with Crippen LogP contribution < -0.4 is 11.1 Å². The Balaban J connectivity index is 2.14. The minimum Gasteiger partial charge on any atom is -0.481 e. The third kappa shape index (κ3) is 2.58. The molecule has 1 heterocycles. The first-order valence-corrected chi connectivity index (χ1v) is 5.77. The smallest absolute Gasteiger partial charge is 0.305 e. The molecule has 0 atom stereocenters. The van der Waals surface area contributed by atoms with Gasteiger partial charge in [0, 0.05) is 17.4 Å². The molecule has 1 aromatic heterocycles. The molecule has 0 aliphatic heterocycles. The van der Waals surface area contributed by atoms with E-state index in [2.05, 4.69) is 10.3 Å². The van der Waals surface area contributed by atoms with E-state index in [1.54, 1.807) is 12.1 Å². The van der Waals surface area contributed by atoms with Gasteiger partial charge < -0.3 is 16.2 Å². The summed E-state index contributed by atoms with van der Waals surface area (Å²) in [6.45, 7) is 0. The second kappa shape index (κ2) is 4.64. The van der Waals surface area contributed by atoms with Crippen LogP contribution in [0.1, 0.15) is 36.2 Å². The fourth-order valence-corrected chi connectivity index (χ4v) is 2.19. The molecule has 18 heavy (non-hydrogen) atoms. The number of carboxylic acid groups (broad SMARTS) is 1. The van der Waals surface area contributed by atoms with E-state index in [4.69, 9.17) is 10.8 Å². The Morgan fingerprint density at radius 2 is 2.22 bits per heavy atom. The first-order chi connectivity index (χ1) is 8.51. The Hall–Kier alpha value is -2.11. The number of carbonyl (C=O) groups is 2. The molecule has 1 saturated carbocycles. The molecule has 1 aliphatic carbocycles. The highest BCUT2D eigenvalue weighted by Crippen LogP contribution is 2.38. The van der Waals surface area contributed by atoms with Crippen LogP contribution in [0.3, 0.4) is 0 Å². The predicted molar refractivity (Wildman–Crippen MR) is 65.2 cm³/mol. The lowest BCUT2D eigenvalue weighted by molar-refractivity contribution is -0.138. The van der Waals surface area contributed by atoms with Crippen LogP contribution in [-0.4, -0.2) is 27.5 Å². The van der Waals surface area contributed by atoms with E-state index in [-0.39, 0.29) is 12.1 Å². The highest BCUT2D eigenvalue weighted by molar-refractivity contribution is 5.91. The summed E-state index contributed by atoms with van der Waals surface area (Å²) in [6.07, 6.45) is 4.19. The third-order valence-electron chi connectivity index (χ3n) is 3.22. The van der Waals surface area contributed by atoms with Crippen LogP contribution in [0.25, 0.3) is 0 Å². The van der Waals surface area contributed by atoms with Gasteiger partial charge in [0.1, 0.15) is 5.69 Å². The number of amides is 1. The van der Waals surface area contributed by atoms with Crippen LogP contribution in [0.5, 0.6) is 0 Å². The molecule has 6 heteroatoms. The van der Waals surface area contributed by atoms with Gasteiger partial charge in [-0.15, -0.1) is 0 Å². The monoisotopic (exact) mass is 249 g/mol. The van der Waals surface area contributed by atoms with Crippen LogP contribution in [0.4, 0.5) is 5.69 Å². The Morgan fingerprint density at radius 1 is 1.50 bits per heavy atom. The number of rotatable bonds is 5. The molecule has 1 aliphatic rings. The molecule has 6 nitrogen and oxygen atoms in total. The number of hydrogen-bond acceptors (Lipinski definition) is 4. The fourth-order valence-electron chi connectivity index (χ4n) is 2.19. The number of hydrogen-bond donors (Lipinski definition) is 3. The van der Waals surface area contributed by atoms with E-state index in [1.165, 1.54) is 6.20 Å². The summed E-state index contributed by atoms with van der Waals surface area (Å²) in [5, 5.41) is 12.1. The van der Waals surface area contributed by atoms with E-state index in [1.807, 2.05) is 0 Å². The molecule has 96 valence electrons. The number of carboxylic acids is 1. The molecular weight excluding hydrogens is 234 g/mol. The van der Waals surface area contributed by atoms with Crippen LogP contribution >= 0.6 is 0 Å². The van der Waals surface area contributed by atoms with E-state index in [0.717, 1.165) is 19.3 Å². The van der Waals surface area contributed by atoms with Gasteiger partial charge in [0.2, 0.25) is 0 Å². The molecule has 1 aromatic rings.